The molecule has 0 radical (unpaired) electrons. The van der Waals surface area contributed by atoms with Crippen LogP contribution in [0.4, 0.5) is 0 Å². The summed E-state index contributed by atoms with van der Waals surface area (Å²) < 4.78 is 38.2. The lowest BCUT2D eigenvalue weighted by atomic mass is 10.0. The van der Waals surface area contributed by atoms with Crippen LogP contribution in [0.2, 0.25) is 0 Å². The van der Waals surface area contributed by atoms with E-state index in [2.05, 4.69) is 4.72 Å². The van der Waals surface area contributed by atoms with E-state index in [1.165, 1.54) is 19.2 Å². The molecule has 1 aliphatic rings. The number of ether oxygens (including phenoxy) is 1. The van der Waals surface area contributed by atoms with Gasteiger partial charge in [0.25, 0.3) is 5.91 Å². The highest BCUT2D eigenvalue weighted by Gasteiger charge is 2.28. The van der Waals surface area contributed by atoms with Gasteiger partial charge < -0.3 is 14.1 Å². The number of sulfonamides is 1. The van der Waals surface area contributed by atoms with Gasteiger partial charge in [-0.2, -0.15) is 0 Å². The van der Waals surface area contributed by atoms with Crippen LogP contribution in [0.1, 0.15) is 23.2 Å². The second-order valence-electron chi connectivity index (χ2n) is 7.35. The summed E-state index contributed by atoms with van der Waals surface area (Å²) in [5, 5.41) is 0.674. The van der Waals surface area contributed by atoms with Crippen molar-refractivity contribution in [3.05, 3.63) is 70.6 Å². The lowest BCUT2D eigenvalue weighted by Crippen LogP contribution is -2.47. The van der Waals surface area contributed by atoms with Crippen LogP contribution in [0.25, 0.3) is 11.0 Å². The fourth-order valence-electron chi connectivity index (χ4n) is 3.62. The third kappa shape index (κ3) is 4.47. The molecular weight excluding hydrogens is 420 g/mol. The summed E-state index contributed by atoms with van der Waals surface area (Å²) in [5.41, 5.74) is -0.266. The van der Waals surface area contributed by atoms with Crippen molar-refractivity contribution >= 4 is 26.9 Å². The van der Waals surface area contributed by atoms with Gasteiger partial charge >= 0.3 is 5.63 Å². The molecule has 1 amide bonds. The molecule has 0 saturated carbocycles. The monoisotopic (exact) mass is 442 g/mol. The third-order valence-electron chi connectivity index (χ3n) is 5.35. The highest BCUT2D eigenvalue weighted by molar-refractivity contribution is 7.89. The van der Waals surface area contributed by atoms with E-state index in [1.807, 2.05) is 0 Å². The minimum Gasteiger partial charge on any atom is -0.497 e. The SMILES string of the molecule is COc1ccc(S(=O)(=O)NC2CCN(C(=O)c3cc4ccccc4oc3=O)CC2)cc1. The van der Waals surface area contributed by atoms with Crippen LogP contribution in [0.15, 0.2) is 68.7 Å². The normalized spacial score (nSPS) is 15.2. The number of methoxy groups -OCH3 is 1. The summed E-state index contributed by atoms with van der Waals surface area (Å²) >= 11 is 0. The van der Waals surface area contributed by atoms with E-state index in [4.69, 9.17) is 9.15 Å². The highest BCUT2D eigenvalue weighted by atomic mass is 32.2. The Morgan fingerprint density at radius 1 is 1.10 bits per heavy atom. The average Bonchev–Trinajstić information content (AvgIpc) is 2.78. The second kappa shape index (κ2) is 8.52. The maximum Gasteiger partial charge on any atom is 0.349 e. The summed E-state index contributed by atoms with van der Waals surface area (Å²) in [6.07, 6.45) is 0.889. The number of nitrogens with zero attached hydrogens (tertiary/aromatic N) is 1. The Balaban J connectivity index is 1.42. The van der Waals surface area contributed by atoms with Gasteiger partial charge in [-0.15, -0.1) is 0 Å². The van der Waals surface area contributed by atoms with Crippen LogP contribution in [0, 0.1) is 0 Å². The molecule has 0 aliphatic carbocycles. The molecule has 1 fully saturated rings. The third-order valence-corrected chi connectivity index (χ3v) is 6.88. The largest absolute Gasteiger partial charge is 0.497 e. The first-order valence-corrected chi connectivity index (χ1v) is 11.3. The fraction of sp³-hybridized carbons (Fsp3) is 0.273. The fourth-order valence-corrected chi connectivity index (χ4v) is 4.93. The molecule has 0 spiro atoms. The van der Waals surface area contributed by atoms with Crippen molar-refractivity contribution in [2.75, 3.05) is 20.2 Å². The number of nitrogens with one attached hydrogen (secondary N) is 1. The van der Waals surface area contributed by atoms with Crippen molar-refractivity contribution in [3.8, 4) is 5.75 Å². The highest BCUT2D eigenvalue weighted by Crippen LogP contribution is 2.20. The predicted octanol–water partition coefficient (Wildman–Crippen LogP) is 2.38. The number of amides is 1. The smallest absolute Gasteiger partial charge is 0.349 e. The zero-order chi connectivity index (χ0) is 22.0. The lowest BCUT2D eigenvalue weighted by molar-refractivity contribution is 0.0707. The van der Waals surface area contributed by atoms with Crippen molar-refractivity contribution in [1.82, 2.24) is 9.62 Å². The average molecular weight is 442 g/mol. The molecule has 0 unspecified atom stereocenters. The van der Waals surface area contributed by atoms with E-state index in [-0.39, 0.29) is 16.5 Å². The molecule has 1 aromatic heterocycles. The van der Waals surface area contributed by atoms with E-state index < -0.39 is 21.6 Å². The van der Waals surface area contributed by atoms with Crippen molar-refractivity contribution < 1.29 is 22.4 Å². The Morgan fingerprint density at radius 3 is 2.45 bits per heavy atom. The summed E-state index contributed by atoms with van der Waals surface area (Å²) in [7, 11) is -2.17. The molecule has 1 N–H and O–H groups in total. The molecule has 162 valence electrons. The van der Waals surface area contributed by atoms with Crippen LogP contribution >= 0.6 is 0 Å². The number of benzene rings is 2. The molecule has 9 heteroatoms. The summed E-state index contributed by atoms with van der Waals surface area (Å²) in [6.45, 7) is 0.668. The number of piperidine rings is 1. The Morgan fingerprint density at radius 2 is 1.77 bits per heavy atom. The number of rotatable bonds is 5. The summed E-state index contributed by atoms with van der Waals surface area (Å²) in [6, 6.07) is 14.4. The molecule has 4 rings (SSSR count). The molecule has 8 nitrogen and oxygen atoms in total. The predicted molar refractivity (Wildman–Crippen MR) is 115 cm³/mol. The number of carbonyl (C=O) groups excluding carboxylic acids is 1. The van der Waals surface area contributed by atoms with Gasteiger partial charge in [0.05, 0.1) is 12.0 Å². The second-order valence-corrected chi connectivity index (χ2v) is 9.06. The first kappa shape index (κ1) is 21.1. The number of fused-ring (bicyclic) bond motifs is 1. The van der Waals surface area contributed by atoms with Crippen LogP contribution in [0.3, 0.4) is 0 Å². The van der Waals surface area contributed by atoms with Gasteiger partial charge in [-0.1, -0.05) is 18.2 Å². The van der Waals surface area contributed by atoms with Gasteiger partial charge in [-0.3, -0.25) is 4.79 Å². The van der Waals surface area contributed by atoms with Crippen molar-refractivity contribution in [1.29, 1.82) is 0 Å². The van der Waals surface area contributed by atoms with Crippen LogP contribution in [0.5, 0.6) is 5.75 Å². The Hall–Kier alpha value is -3.17. The van der Waals surface area contributed by atoms with Crippen LogP contribution in [-0.4, -0.2) is 45.5 Å². The maximum atomic E-state index is 12.9. The van der Waals surface area contributed by atoms with Gasteiger partial charge in [-0.05, 0) is 49.2 Å². The number of hydrogen-bond donors (Lipinski definition) is 1. The van der Waals surface area contributed by atoms with E-state index in [1.54, 1.807) is 47.4 Å². The lowest BCUT2D eigenvalue weighted by Gasteiger charge is -2.32. The van der Waals surface area contributed by atoms with E-state index >= 15 is 0 Å². The maximum absolute atomic E-state index is 12.9. The van der Waals surface area contributed by atoms with Crippen molar-refractivity contribution in [2.45, 2.75) is 23.8 Å². The van der Waals surface area contributed by atoms with E-state index in [9.17, 15) is 18.0 Å². The Kier molecular flexibility index (Phi) is 5.79. The summed E-state index contributed by atoms with van der Waals surface area (Å²) in [5.74, 6) is 0.167. The number of likely N-dealkylation sites (tertiary alicyclic amines) is 1. The quantitative estimate of drug-likeness (QED) is 0.608. The minimum absolute atomic E-state index is 0.0176. The molecular formula is C22H22N2O6S. The van der Waals surface area contributed by atoms with E-state index in [0.717, 1.165) is 0 Å². The topological polar surface area (TPSA) is 106 Å². The van der Waals surface area contributed by atoms with Crippen LogP contribution in [-0.2, 0) is 10.0 Å². The van der Waals surface area contributed by atoms with Gasteiger partial charge in [0.2, 0.25) is 10.0 Å². The molecule has 2 heterocycles. The number of para-hydroxylation sites is 1. The Labute approximate surface area is 179 Å². The zero-order valence-electron chi connectivity index (χ0n) is 16.9. The van der Waals surface area contributed by atoms with Gasteiger partial charge in [0.15, 0.2) is 0 Å². The van der Waals surface area contributed by atoms with E-state index in [0.29, 0.717) is 42.6 Å². The molecule has 1 aliphatic heterocycles. The molecule has 3 aromatic rings. The zero-order valence-corrected chi connectivity index (χ0v) is 17.7. The van der Waals surface area contributed by atoms with Crippen molar-refractivity contribution in [3.63, 3.8) is 0 Å². The Bertz CT molecular complexity index is 1260. The van der Waals surface area contributed by atoms with Crippen LogP contribution < -0.4 is 15.1 Å². The number of hydrogen-bond acceptors (Lipinski definition) is 6. The number of carbonyl (C=O) groups is 1. The van der Waals surface area contributed by atoms with Crippen molar-refractivity contribution in [2.24, 2.45) is 0 Å². The molecule has 31 heavy (non-hydrogen) atoms. The van der Waals surface area contributed by atoms with Gasteiger partial charge in [-0.25, -0.2) is 17.9 Å². The summed E-state index contributed by atoms with van der Waals surface area (Å²) in [4.78, 5) is 26.8. The molecule has 0 bridgehead atoms. The van der Waals surface area contributed by atoms with Gasteiger partial charge in [0, 0.05) is 24.5 Å². The van der Waals surface area contributed by atoms with Gasteiger partial charge in [0.1, 0.15) is 16.9 Å². The minimum atomic E-state index is -3.68. The molecule has 2 aromatic carbocycles. The molecule has 0 atom stereocenters. The standard InChI is InChI=1S/C22H22N2O6S/c1-29-17-6-8-18(9-7-17)31(27,28)23-16-10-12-24(13-11-16)21(25)19-14-15-4-2-3-5-20(15)30-22(19)26/h2-9,14,16,23H,10-13H2,1H3. The first-order chi connectivity index (χ1) is 14.9. The first-order valence-electron chi connectivity index (χ1n) is 9.86. The molecule has 1 saturated heterocycles.